The molecular formula is C6H6ClNO3S2. The molecule has 1 aromatic heterocycles. The molecule has 0 fully saturated rings. The number of sulfonamides is 1. The van der Waals surface area contributed by atoms with Crippen molar-refractivity contribution in [1.29, 1.82) is 0 Å². The lowest BCUT2D eigenvalue weighted by Gasteiger charge is -1.99. The van der Waals surface area contributed by atoms with Crippen molar-refractivity contribution in [3.05, 3.63) is 17.5 Å². The van der Waals surface area contributed by atoms with E-state index in [0.29, 0.717) is 0 Å². The van der Waals surface area contributed by atoms with Gasteiger partial charge in [-0.15, -0.1) is 11.3 Å². The Bertz CT molecular complexity index is 384. The summed E-state index contributed by atoms with van der Waals surface area (Å²) in [6.45, 7) is -0.387. The van der Waals surface area contributed by atoms with Crippen LogP contribution in [-0.2, 0) is 14.8 Å². The van der Waals surface area contributed by atoms with Crippen LogP contribution in [0.2, 0.25) is 0 Å². The number of hydrogen-bond acceptors (Lipinski definition) is 4. The first-order chi connectivity index (χ1) is 6.02. The van der Waals surface area contributed by atoms with Gasteiger partial charge in [-0.2, -0.15) is 0 Å². The van der Waals surface area contributed by atoms with Gasteiger partial charge in [-0.05, 0) is 23.0 Å². The van der Waals surface area contributed by atoms with Crippen LogP contribution in [0.1, 0.15) is 0 Å². The van der Waals surface area contributed by atoms with Gasteiger partial charge < -0.3 is 0 Å². The van der Waals surface area contributed by atoms with Crippen molar-refractivity contribution in [3.8, 4) is 0 Å². The Hall–Kier alpha value is -0.430. The van der Waals surface area contributed by atoms with Crippen LogP contribution in [0.3, 0.4) is 0 Å². The van der Waals surface area contributed by atoms with Gasteiger partial charge in [-0.3, -0.25) is 4.79 Å². The molecule has 4 nitrogen and oxygen atoms in total. The molecule has 0 amide bonds. The van der Waals surface area contributed by atoms with E-state index in [1.807, 2.05) is 0 Å². The van der Waals surface area contributed by atoms with Crippen molar-refractivity contribution < 1.29 is 13.2 Å². The maximum absolute atomic E-state index is 11.3. The summed E-state index contributed by atoms with van der Waals surface area (Å²) in [6.07, 6.45) is 0. The molecule has 0 atom stereocenters. The van der Waals surface area contributed by atoms with Crippen LogP contribution in [0.5, 0.6) is 0 Å². The normalized spacial score (nSPS) is 11.5. The van der Waals surface area contributed by atoms with Crippen molar-refractivity contribution in [1.82, 2.24) is 4.72 Å². The highest BCUT2D eigenvalue weighted by atomic mass is 35.5. The average Bonchev–Trinajstić information content (AvgIpc) is 2.53. The molecule has 0 saturated heterocycles. The molecule has 0 bridgehead atoms. The Labute approximate surface area is 84.6 Å². The Kier molecular flexibility index (Phi) is 3.43. The number of rotatable bonds is 4. The fraction of sp³-hybridized carbons (Fsp3) is 0.167. The quantitative estimate of drug-likeness (QED) is 0.791. The lowest BCUT2D eigenvalue weighted by atomic mass is 10.7. The Balaban J connectivity index is 2.74. The Morgan fingerprint density at radius 3 is 2.77 bits per heavy atom. The van der Waals surface area contributed by atoms with Crippen LogP contribution < -0.4 is 4.72 Å². The van der Waals surface area contributed by atoms with Crippen LogP contribution in [0.15, 0.2) is 21.7 Å². The molecule has 1 aromatic rings. The third kappa shape index (κ3) is 3.07. The topological polar surface area (TPSA) is 63.2 Å². The van der Waals surface area contributed by atoms with E-state index in [2.05, 4.69) is 4.72 Å². The summed E-state index contributed by atoms with van der Waals surface area (Å²) in [7, 11) is -3.55. The second kappa shape index (κ2) is 4.19. The van der Waals surface area contributed by atoms with Crippen molar-refractivity contribution in [2.24, 2.45) is 0 Å². The second-order valence-corrected chi connectivity index (χ2v) is 5.47. The molecule has 0 aliphatic carbocycles. The Morgan fingerprint density at radius 2 is 2.31 bits per heavy atom. The molecule has 13 heavy (non-hydrogen) atoms. The molecule has 1 heterocycles. The molecule has 0 aliphatic rings. The zero-order valence-electron chi connectivity index (χ0n) is 6.36. The first-order valence-electron chi connectivity index (χ1n) is 3.24. The van der Waals surface area contributed by atoms with E-state index in [-0.39, 0.29) is 10.8 Å². The van der Waals surface area contributed by atoms with E-state index in [4.69, 9.17) is 11.6 Å². The molecule has 0 radical (unpaired) electrons. The number of hydrogen-bond donors (Lipinski definition) is 1. The summed E-state index contributed by atoms with van der Waals surface area (Å²) in [6, 6.07) is 3.06. The number of thiophene rings is 1. The van der Waals surface area contributed by atoms with Crippen LogP contribution in [0, 0.1) is 0 Å². The highest BCUT2D eigenvalue weighted by Crippen LogP contribution is 2.14. The highest BCUT2D eigenvalue weighted by molar-refractivity contribution is 7.91. The third-order valence-corrected chi connectivity index (χ3v) is 4.09. The molecule has 0 aliphatic heterocycles. The standard InChI is InChI=1S/C6H6ClNO3S2/c7-5(9)4-8-13(10,11)6-2-1-3-12-6/h1-3,8H,4H2. The van der Waals surface area contributed by atoms with E-state index >= 15 is 0 Å². The van der Waals surface area contributed by atoms with E-state index in [1.54, 1.807) is 11.4 Å². The van der Waals surface area contributed by atoms with E-state index < -0.39 is 15.3 Å². The molecule has 72 valence electrons. The van der Waals surface area contributed by atoms with Gasteiger partial charge >= 0.3 is 0 Å². The maximum Gasteiger partial charge on any atom is 0.250 e. The summed E-state index contributed by atoms with van der Waals surface area (Å²) in [5.74, 6) is 0. The number of nitrogens with one attached hydrogen (secondary N) is 1. The lowest BCUT2D eigenvalue weighted by molar-refractivity contribution is -0.110. The summed E-state index contributed by atoms with van der Waals surface area (Å²) >= 11 is 6.06. The molecule has 1 N–H and O–H groups in total. The van der Waals surface area contributed by atoms with Crippen LogP contribution in [-0.4, -0.2) is 20.2 Å². The van der Waals surface area contributed by atoms with Crippen LogP contribution >= 0.6 is 22.9 Å². The molecular weight excluding hydrogens is 234 g/mol. The molecule has 0 spiro atoms. The first kappa shape index (κ1) is 10.6. The number of carbonyl (C=O) groups excluding carboxylic acids is 1. The SMILES string of the molecule is O=C(Cl)CNS(=O)(=O)c1cccs1. The van der Waals surface area contributed by atoms with Crippen molar-refractivity contribution in [2.75, 3.05) is 6.54 Å². The fourth-order valence-corrected chi connectivity index (χ4v) is 2.80. The summed E-state index contributed by atoms with van der Waals surface area (Å²) in [5.41, 5.74) is 0. The molecule has 1 rings (SSSR count). The van der Waals surface area contributed by atoms with Gasteiger partial charge in [0.05, 0.1) is 6.54 Å². The lowest BCUT2D eigenvalue weighted by Crippen LogP contribution is -2.27. The molecule has 0 unspecified atom stereocenters. The Morgan fingerprint density at radius 1 is 1.62 bits per heavy atom. The summed E-state index contributed by atoms with van der Waals surface area (Å²) in [4.78, 5) is 10.3. The van der Waals surface area contributed by atoms with E-state index in [9.17, 15) is 13.2 Å². The fourth-order valence-electron chi connectivity index (χ4n) is 0.639. The van der Waals surface area contributed by atoms with Crippen molar-refractivity contribution in [2.45, 2.75) is 4.21 Å². The van der Waals surface area contributed by atoms with Crippen LogP contribution in [0.4, 0.5) is 0 Å². The predicted molar refractivity (Wildman–Crippen MR) is 50.4 cm³/mol. The van der Waals surface area contributed by atoms with Gasteiger partial charge in [-0.25, -0.2) is 13.1 Å². The highest BCUT2D eigenvalue weighted by Gasteiger charge is 2.15. The summed E-state index contributed by atoms with van der Waals surface area (Å²) < 4.78 is 24.8. The minimum Gasteiger partial charge on any atom is -0.280 e. The largest absolute Gasteiger partial charge is 0.280 e. The van der Waals surface area contributed by atoms with Gasteiger partial charge in [0.15, 0.2) is 0 Å². The smallest absolute Gasteiger partial charge is 0.250 e. The summed E-state index contributed by atoms with van der Waals surface area (Å²) in [5, 5.41) is 0.900. The van der Waals surface area contributed by atoms with Crippen molar-refractivity contribution in [3.63, 3.8) is 0 Å². The molecule has 7 heteroatoms. The minimum absolute atomic E-state index is 0.172. The van der Waals surface area contributed by atoms with Gasteiger partial charge in [0, 0.05) is 0 Å². The zero-order chi connectivity index (χ0) is 9.90. The first-order valence-corrected chi connectivity index (χ1v) is 5.98. The molecule has 0 saturated carbocycles. The average molecular weight is 240 g/mol. The monoisotopic (exact) mass is 239 g/mol. The minimum atomic E-state index is -3.55. The van der Waals surface area contributed by atoms with E-state index in [1.165, 1.54) is 6.07 Å². The van der Waals surface area contributed by atoms with Crippen LogP contribution in [0.25, 0.3) is 0 Å². The van der Waals surface area contributed by atoms with Gasteiger partial charge in [-0.1, -0.05) is 6.07 Å². The number of carbonyl (C=O) groups is 1. The number of halogens is 1. The molecule has 0 aromatic carbocycles. The predicted octanol–water partition coefficient (Wildman–Crippen LogP) is 0.792. The van der Waals surface area contributed by atoms with Crippen molar-refractivity contribution >= 4 is 38.2 Å². The zero-order valence-corrected chi connectivity index (χ0v) is 8.75. The van der Waals surface area contributed by atoms with Gasteiger partial charge in [0.25, 0.3) is 0 Å². The van der Waals surface area contributed by atoms with Gasteiger partial charge in [0.1, 0.15) is 4.21 Å². The maximum atomic E-state index is 11.3. The van der Waals surface area contributed by atoms with Gasteiger partial charge in [0.2, 0.25) is 15.3 Å². The third-order valence-electron chi connectivity index (χ3n) is 1.16. The second-order valence-electron chi connectivity index (χ2n) is 2.11. The van der Waals surface area contributed by atoms with E-state index in [0.717, 1.165) is 11.3 Å².